The molecule has 0 aliphatic rings. The van der Waals surface area contributed by atoms with Crippen molar-refractivity contribution >= 4 is 21.8 Å². The van der Waals surface area contributed by atoms with E-state index in [1.807, 2.05) is 6.92 Å². The van der Waals surface area contributed by atoms with Crippen molar-refractivity contribution in [3.05, 3.63) is 0 Å². The van der Waals surface area contributed by atoms with Gasteiger partial charge in [0, 0.05) is 0 Å². The molecule has 6 nitrogen and oxygen atoms in total. The topological polar surface area (TPSA) is 86.7 Å². The smallest absolute Gasteiger partial charge is 0.324 e. The highest BCUT2D eigenvalue weighted by Gasteiger charge is 2.35. The molecule has 0 N–H and O–H groups in total. The van der Waals surface area contributed by atoms with Gasteiger partial charge in [-0.1, -0.05) is 19.8 Å². The minimum Gasteiger partial charge on any atom is -0.469 e. The third-order valence-electron chi connectivity index (χ3n) is 2.51. The molecule has 0 rings (SSSR count). The first-order valence-electron chi connectivity index (χ1n) is 5.75. The van der Waals surface area contributed by atoms with E-state index in [9.17, 15) is 18.0 Å². The fraction of sp³-hybridized carbons (Fsp3) is 0.818. The van der Waals surface area contributed by atoms with Crippen LogP contribution >= 0.6 is 0 Å². The van der Waals surface area contributed by atoms with Crippen LogP contribution in [0.4, 0.5) is 0 Å². The monoisotopic (exact) mass is 280 g/mol. The van der Waals surface area contributed by atoms with E-state index in [4.69, 9.17) is 0 Å². The Balaban J connectivity index is 4.83. The van der Waals surface area contributed by atoms with Crippen LogP contribution in [0, 0.1) is 0 Å². The van der Waals surface area contributed by atoms with Crippen LogP contribution in [-0.2, 0) is 28.9 Å². The van der Waals surface area contributed by atoms with Crippen molar-refractivity contribution in [3.63, 3.8) is 0 Å². The third-order valence-corrected chi connectivity index (χ3v) is 4.59. The lowest BCUT2D eigenvalue weighted by Crippen LogP contribution is -2.35. The molecule has 0 aromatic rings. The van der Waals surface area contributed by atoms with Gasteiger partial charge in [0.05, 0.1) is 26.4 Å². The van der Waals surface area contributed by atoms with Crippen molar-refractivity contribution in [2.24, 2.45) is 0 Å². The molecule has 0 radical (unpaired) electrons. The zero-order valence-electron chi connectivity index (χ0n) is 11.0. The predicted molar refractivity (Wildman–Crippen MR) is 65.7 cm³/mol. The van der Waals surface area contributed by atoms with Gasteiger partial charge in [-0.25, -0.2) is 8.42 Å². The lowest BCUT2D eigenvalue weighted by atomic mass is 10.3. The molecule has 18 heavy (non-hydrogen) atoms. The summed E-state index contributed by atoms with van der Waals surface area (Å²) in [6.45, 7) is 1.94. The molecule has 0 aliphatic carbocycles. The summed E-state index contributed by atoms with van der Waals surface area (Å²) >= 11 is 0. The number of ether oxygens (including phenoxy) is 2. The van der Waals surface area contributed by atoms with Crippen molar-refractivity contribution in [2.45, 2.75) is 37.9 Å². The molecule has 0 bridgehead atoms. The number of hydrogen-bond acceptors (Lipinski definition) is 6. The van der Waals surface area contributed by atoms with Crippen molar-refractivity contribution in [3.8, 4) is 0 Å². The van der Waals surface area contributed by atoms with E-state index < -0.39 is 33.4 Å². The zero-order valence-corrected chi connectivity index (χ0v) is 11.8. The minimum absolute atomic E-state index is 0.127. The Morgan fingerprint density at radius 3 is 2.17 bits per heavy atom. The molecule has 0 saturated heterocycles. The summed E-state index contributed by atoms with van der Waals surface area (Å²) in [4.78, 5) is 22.6. The maximum Gasteiger partial charge on any atom is 0.324 e. The molecule has 0 amide bonds. The average Bonchev–Trinajstić information content (AvgIpc) is 2.34. The van der Waals surface area contributed by atoms with Crippen LogP contribution in [0.3, 0.4) is 0 Å². The van der Waals surface area contributed by atoms with Gasteiger partial charge in [0.2, 0.25) is 0 Å². The van der Waals surface area contributed by atoms with E-state index >= 15 is 0 Å². The normalized spacial score (nSPS) is 12.8. The highest BCUT2D eigenvalue weighted by molar-refractivity contribution is 7.92. The predicted octanol–water partition coefficient (Wildman–Crippen LogP) is 0.696. The fourth-order valence-corrected chi connectivity index (χ4v) is 3.09. The first-order valence-corrected chi connectivity index (χ1v) is 7.46. The Bertz CT molecular complexity index is 373. The SMILES string of the molecule is CCCCCS(=O)(=O)C(CC(=O)OC)C(=O)OC. The summed E-state index contributed by atoms with van der Waals surface area (Å²) in [5, 5.41) is -1.47. The molecule has 106 valence electrons. The van der Waals surface area contributed by atoms with Crippen LogP contribution in [0.25, 0.3) is 0 Å². The third kappa shape index (κ3) is 5.48. The zero-order chi connectivity index (χ0) is 14.2. The molecule has 1 unspecified atom stereocenters. The number of rotatable bonds is 8. The number of carbonyl (C=O) groups excluding carboxylic acids is 2. The first kappa shape index (κ1) is 16.9. The molecule has 1 atom stereocenters. The van der Waals surface area contributed by atoms with Crippen molar-refractivity contribution < 1.29 is 27.5 Å². The number of carbonyl (C=O) groups is 2. The van der Waals surface area contributed by atoms with Gasteiger partial charge in [-0.3, -0.25) is 9.59 Å². The van der Waals surface area contributed by atoms with Crippen LogP contribution in [0.5, 0.6) is 0 Å². The molecular weight excluding hydrogens is 260 g/mol. The van der Waals surface area contributed by atoms with Gasteiger partial charge in [0.15, 0.2) is 15.1 Å². The second kappa shape index (κ2) is 8.07. The first-order chi connectivity index (χ1) is 8.38. The van der Waals surface area contributed by atoms with Gasteiger partial charge in [-0.2, -0.15) is 0 Å². The summed E-state index contributed by atoms with van der Waals surface area (Å²) in [6.07, 6.45) is 1.59. The lowest BCUT2D eigenvalue weighted by molar-refractivity contribution is -0.146. The summed E-state index contributed by atoms with van der Waals surface area (Å²) in [5.74, 6) is -1.79. The Morgan fingerprint density at radius 2 is 1.72 bits per heavy atom. The second-order valence-corrected chi connectivity index (χ2v) is 6.17. The van der Waals surface area contributed by atoms with Crippen LogP contribution < -0.4 is 0 Å². The van der Waals surface area contributed by atoms with Crippen LogP contribution in [-0.4, -0.2) is 45.6 Å². The highest BCUT2D eigenvalue weighted by atomic mass is 32.2. The maximum atomic E-state index is 11.9. The number of unbranched alkanes of at least 4 members (excludes halogenated alkanes) is 2. The van der Waals surface area contributed by atoms with Crippen LogP contribution in [0.1, 0.15) is 32.6 Å². The van der Waals surface area contributed by atoms with E-state index in [2.05, 4.69) is 9.47 Å². The Labute approximate surface area is 108 Å². The van der Waals surface area contributed by atoms with Crippen LogP contribution in [0.2, 0.25) is 0 Å². The van der Waals surface area contributed by atoms with Crippen molar-refractivity contribution in [1.29, 1.82) is 0 Å². The lowest BCUT2D eigenvalue weighted by Gasteiger charge is -2.14. The quantitative estimate of drug-likeness (QED) is 0.480. The molecule has 0 fully saturated rings. The van der Waals surface area contributed by atoms with E-state index in [1.54, 1.807) is 0 Å². The van der Waals surface area contributed by atoms with Crippen LogP contribution in [0.15, 0.2) is 0 Å². The van der Waals surface area contributed by atoms with Gasteiger partial charge < -0.3 is 9.47 Å². The van der Waals surface area contributed by atoms with Crippen molar-refractivity contribution in [1.82, 2.24) is 0 Å². The van der Waals surface area contributed by atoms with Gasteiger partial charge in [0.25, 0.3) is 0 Å². The summed E-state index contributed by atoms with van der Waals surface area (Å²) in [5.41, 5.74) is 0. The summed E-state index contributed by atoms with van der Waals surface area (Å²) in [6, 6.07) is 0. The molecule has 0 saturated carbocycles. The second-order valence-electron chi connectivity index (χ2n) is 3.87. The Hall–Kier alpha value is -1.11. The molecule has 0 aromatic carbocycles. The Kier molecular flexibility index (Phi) is 7.58. The van der Waals surface area contributed by atoms with Gasteiger partial charge >= 0.3 is 11.9 Å². The largest absolute Gasteiger partial charge is 0.469 e. The average molecular weight is 280 g/mol. The standard InChI is InChI=1S/C11H20O6S/c1-4-5-6-7-18(14,15)9(11(13)17-3)8-10(12)16-2/h9H,4-8H2,1-3H3. The summed E-state index contributed by atoms with van der Waals surface area (Å²) in [7, 11) is -1.46. The number of esters is 2. The van der Waals surface area contributed by atoms with Gasteiger partial charge in [0.1, 0.15) is 0 Å². The van der Waals surface area contributed by atoms with Gasteiger partial charge in [-0.05, 0) is 6.42 Å². The van der Waals surface area contributed by atoms with E-state index in [0.29, 0.717) is 6.42 Å². The molecule has 7 heteroatoms. The van der Waals surface area contributed by atoms with E-state index in [-0.39, 0.29) is 5.75 Å². The fourth-order valence-electron chi connectivity index (χ4n) is 1.42. The Morgan fingerprint density at radius 1 is 1.11 bits per heavy atom. The number of hydrogen-bond donors (Lipinski definition) is 0. The molecule has 0 aliphatic heterocycles. The van der Waals surface area contributed by atoms with E-state index in [1.165, 1.54) is 0 Å². The number of methoxy groups -OCH3 is 2. The van der Waals surface area contributed by atoms with E-state index in [0.717, 1.165) is 27.1 Å². The molecule has 0 aromatic heterocycles. The summed E-state index contributed by atoms with van der Waals surface area (Å²) < 4.78 is 32.7. The number of sulfone groups is 1. The van der Waals surface area contributed by atoms with Crippen molar-refractivity contribution in [2.75, 3.05) is 20.0 Å². The molecule has 0 heterocycles. The molecule has 0 spiro atoms. The van der Waals surface area contributed by atoms with Gasteiger partial charge in [-0.15, -0.1) is 0 Å². The molecular formula is C11H20O6S. The minimum atomic E-state index is -3.69. The highest BCUT2D eigenvalue weighted by Crippen LogP contribution is 2.13. The maximum absolute atomic E-state index is 11.9.